The third kappa shape index (κ3) is 4.02. The Kier molecular flexibility index (Phi) is 5.87. The summed E-state index contributed by atoms with van der Waals surface area (Å²) in [4.78, 5) is 2.48. The van der Waals surface area contributed by atoms with Gasteiger partial charge in [-0.15, -0.1) is 0 Å². The fraction of sp³-hybridized carbons (Fsp3) is 0.684. The summed E-state index contributed by atoms with van der Waals surface area (Å²) in [7, 11) is 0. The molecule has 124 valence electrons. The van der Waals surface area contributed by atoms with Crippen molar-refractivity contribution in [3.05, 3.63) is 29.8 Å². The first-order chi connectivity index (χ1) is 10.5. The van der Waals surface area contributed by atoms with Crippen LogP contribution in [0.2, 0.25) is 0 Å². The maximum atomic E-state index is 9.90. The van der Waals surface area contributed by atoms with Gasteiger partial charge in [0.25, 0.3) is 0 Å². The molecule has 2 rings (SSSR count). The van der Waals surface area contributed by atoms with Crippen LogP contribution in [0.1, 0.15) is 52.0 Å². The highest BCUT2D eigenvalue weighted by Crippen LogP contribution is 2.40. The van der Waals surface area contributed by atoms with Crippen molar-refractivity contribution in [3.63, 3.8) is 0 Å². The van der Waals surface area contributed by atoms with Gasteiger partial charge in [0.05, 0.1) is 6.10 Å². The molecule has 1 fully saturated rings. The number of aromatic hydroxyl groups is 1. The maximum absolute atomic E-state index is 9.90. The molecular formula is C19H31NO2. The van der Waals surface area contributed by atoms with E-state index in [0.29, 0.717) is 11.7 Å². The van der Waals surface area contributed by atoms with Crippen LogP contribution in [0.5, 0.6) is 5.75 Å². The second-order valence-electron chi connectivity index (χ2n) is 7.15. The van der Waals surface area contributed by atoms with E-state index >= 15 is 0 Å². The molecule has 3 heteroatoms. The minimum atomic E-state index is -0.153. The average molecular weight is 305 g/mol. The zero-order valence-electron chi connectivity index (χ0n) is 14.3. The van der Waals surface area contributed by atoms with Gasteiger partial charge in [-0.25, -0.2) is 0 Å². The first-order valence-corrected chi connectivity index (χ1v) is 8.65. The molecule has 3 nitrogen and oxygen atoms in total. The molecule has 0 bridgehead atoms. The molecule has 0 aromatic heterocycles. The molecule has 1 saturated heterocycles. The Morgan fingerprint density at radius 3 is 2.77 bits per heavy atom. The van der Waals surface area contributed by atoms with E-state index in [2.05, 4.69) is 31.7 Å². The molecule has 3 unspecified atom stereocenters. The smallest absolute Gasteiger partial charge is 0.115 e. The van der Waals surface area contributed by atoms with Crippen molar-refractivity contribution in [2.45, 2.75) is 58.0 Å². The molecule has 0 saturated carbocycles. The standard InChI is InChI=1S/C19H31NO2/c1-4-6-17(21)9-11-20-12-10-19(3,15(2)14-20)16-7-5-8-18(22)13-16/h5,7-8,13,15,17,21-22H,4,6,9-12,14H2,1-3H3. The van der Waals surface area contributed by atoms with Crippen molar-refractivity contribution >= 4 is 0 Å². The maximum Gasteiger partial charge on any atom is 0.115 e. The number of aliphatic hydroxyl groups is 1. The van der Waals surface area contributed by atoms with Gasteiger partial charge in [-0.2, -0.15) is 0 Å². The third-order valence-corrected chi connectivity index (χ3v) is 5.47. The second kappa shape index (κ2) is 7.47. The van der Waals surface area contributed by atoms with Gasteiger partial charge in [0, 0.05) is 13.1 Å². The number of aliphatic hydroxyl groups excluding tert-OH is 1. The minimum absolute atomic E-state index is 0.122. The first-order valence-electron chi connectivity index (χ1n) is 8.65. The van der Waals surface area contributed by atoms with Gasteiger partial charge >= 0.3 is 0 Å². The van der Waals surface area contributed by atoms with Crippen molar-refractivity contribution < 1.29 is 10.2 Å². The highest BCUT2D eigenvalue weighted by molar-refractivity contribution is 5.33. The van der Waals surface area contributed by atoms with Gasteiger partial charge in [-0.05, 0) is 54.8 Å². The van der Waals surface area contributed by atoms with Gasteiger partial charge < -0.3 is 15.1 Å². The van der Waals surface area contributed by atoms with Gasteiger partial charge in [-0.3, -0.25) is 0 Å². The van der Waals surface area contributed by atoms with Crippen LogP contribution in [0.15, 0.2) is 24.3 Å². The van der Waals surface area contributed by atoms with Crippen LogP contribution in [-0.4, -0.2) is 40.9 Å². The quantitative estimate of drug-likeness (QED) is 0.845. The predicted molar refractivity (Wildman–Crippen MR) is 91.2 cm³/mol. The number of phenols is 1. The van der Waals surface area contributed by atoms with E-state index in [1.54, 1.807) is 6.07 Å². The van der Waals surface area contributed by atoms with Crippen LogP contribution in [0.3, 0.4) is 0 Å². The minimum Gasteiger partial charge on any atom is -0.508 e. The summed E-state index contributed by atoms with van der Waals surface area (Å²) < 4.78 is 0. The molecule has 0 aliphatic carbocycles. The molecule has 1 aromatic rings. The van der Waals surface area contributed by atoms with E-state index in [1.165, 1.54) is 5.56 Å². The van der Waals surface area contributed by atoms with Crippen molar-refractivity contribution in [1.29, 1.82) is 0 Å². The summed E-state index contributed by atoms with van der Waals surface area (Å²) >= 11 is 0. The lowest BCUT2D eigenvalue weighted by Gasteiger charge is -2.45. The molecule has 1 heterocycles. The topological polar surface area (TPSA) is 43.7 Å². The Morgan fingerprint density at radius 2 is 2.14 bits per heavy atom. The molecule has 3 atom stereocenters. The van der Waals surface area contributed by atoms with Crippen LogP contribution in [0, 0.1) is 5.92 Å². The lowest BCUT2D eigenvalue weighted by Crippen LogP contribution is -2.47. The van der Waals surface area contributed by atoms with Gasteiger partial charge in [0.15, 0.2) is 0 Å². The van der Waals surface area contributed by atoms with Crippen molar-refractivity contribution in [3.8, 4) is 5.75 Å². The van der Waals surface area contributed by atoms with Crippen LogP contribution >= 0.6 is 0 Å². The van der Waals surface area contributed by atoms with Crippen molar-refractivity contribution in [2.75, 3.05) is 19.6 Å². The highest BCUT2D eigenvalue weighted by atomic mass is 16.3. The fourth-order valence-corrected chi connectivity index (χ4v) is 3.62. The number of nitrogens with zero attached hydrogens (tertiary/aromatic N) is 1. The van der Waals surface area contributed by atoms with Crippen molar-refractivity contribution in [1.82, 2.24) is 4.90 Å². The molecular weight excluding hydrogens is 274 g/mol. The number of likely N-dealkylation sites (tertiary alicyclic amines) is 1. The van der Waals surface area contributed by atoms with Gasteiger partial charge in [-0.1, -0.05) is 39.3 Å². The van der Waals surface area contributed by atoms with Crippen LogP contribution in [0.4, 0.5) is 0 Å². The lowest BCUT2D eigenvalue weighted by molar-refractivity contribution is 0.0840. The zero-order chi connectivity index (χ0) is 16.2. The number of piperidine rings is 1. The fourth-order valence-electron chi connectivity index (χ4n) is 3.62. The van der Waals surface area contributed by atoms with Crippen molar-refractivity contribution in [2.24, 2.45) is 5.92 Å². The van der Waals surface area contributed by atoms with E-state index < -0.39 is 0 Å². The SMILES string of the molecule is CCCC(O)CCN1CCC(C)(c2cccc(O)c2)C(C)C1. The Hall–Kier alpha value is -1.06. The van der Waals surface area contributed by atoms with E-state index in [9.17, 15) is 10.2 Å². The normalized spacial score (nSPS) is 27.7. The van der Waals surface area contributed by atoms with Crippen LogP contribution in [-0.2, 0) is 5.41 Å². The van der Waals surface area contributed by atoms with E-state index in [1.807, 2.05) is 12.1 Å². The third-order valence-electron chi connectivity index (χ3n) is 5.47. The summed E-state index contributed by atoms with van der Waals surface area (Å²) in [5, 5.41) is 19.7. The Labute approximate surface area is 135 Å². The number of benzene rings is 1. The molecule has 1 aromatic carbocycles. The molecule has 0 radical (unpaired) electrons. The Morgan fingerprint density at radius 1 is 1.36 bits per heavy atom. The van der Waals surface area contributed by atoms with E-state index in [0.717, 1.165) is 45.3 Å². The van der Waals surface area contributed by atoms with Gasteiger partial charge in [0.2, 0.25) is 0 Å². The van der Waals surface area contributed by atoms with E-state index in [4.69, 9.17) is 0 Å². The summed E-state index contributed by atoms with van der Waals surface area (Å²) in [6.45, 7) is 9.85. The molecule has 1 aliphatic rings. The van der Waals surface area contributed by atoms with E-state index in [-0.39, 0.29) is 11.5 Å². The second-order valence-corrected chi connectivity index (χ2v) is 7.15. The Bertz CT molecular complexity index is 476. The highest BCUT2D eigenvalue weighted by Gasteiger charge is 2.37. The number of phenolic OH excluding ortho intramolecular Hbond substituents is 1. The first kappa shape index (κ1) is 17.3. The van der Waals surface area contributed by atoms with Gasteiger partial charge in [0.1, 0.15) is 5.75 Å². The average Bonchev–Trinajstić information content (AvgIpc) is 2.49. The number of hydrogen-bond donors (Lipinski definition) is 2. The predicted octanol–water partition coefficient (Wildman–Crippen LogP) is 3.54. The summed E-state index contributed by atoms with van der Waals surface area (Å²) in [6, 6.07) is 7.73. The number of hydrogen-bond acceptors (Lipinski definition) is 3. The molecule has 0 amide bonds. The summed E-state index contributed by atoms with van der Waals surface area (Å²) in [5.74, 6) is 0.891. The lowest BCUT2D eigenvalue weighted by atomic mass is 9.68. The zero-order valence-corrected chi connectivity index (χ0v) is 14.3. The molecule has 2 N–H and O–H groups in total. The van der Waals surface area contributed by atoms with Crippen LogP contribution < -0.4 is 0 Å². The molecule has 1 aliphatic heterocycles. The Balaban J connectivity index is 1.94. The van der Waals surface area contributed by atoms with Crippen LogP contribution in [0.25, 0.3) is 0 Å². The monoisotopic (exact) mass is 305 g/mol. The summed E-state index contributed by atoms with van der Waals surface area (Å²) in [5.41, 5.74) is 1.36. The molecule has 0 spiro atoms. The largest absolute Gasteiger partial charge is 0.508 e. The summed E-state index contributed by atoms with van der Waals surface area (Å²) in [6.07, 6.45) is 3.78. The number of rotatable bonds is 6. The molecule has 22 heavy (non-hydrogen) atoms.